The third kappa shape index (κ3) is 5.21. The summed E-state index contributed by atoms with van der Waals surface area (Å²) in [6.45, 7) is 0.480. The Hall–Kier alpha value is -3.25. The molecule has 0 unspecified atom stereocenters. The molecule has 0 atom stereocenters. The van der Waals surface area contributed by atoms with Gasteiger partial charge in [-0.25, -0.2) is 0 Å². The lowest BCUT2D eigenvalue weighted by Gasteiger charge is -2.19. The minimum atomic E-state index is -0.284. The van der Waals surface area contributed by atoms with Crippen LogP contribution < -0.4 is 10.1 Å². The quantitative estimate of drug-likeness (QED) is 0.550. The number of rotatable bonds is 7. The van der Waals surface area contributed by atoms with E-state index in [-0.39, 0.29) is 11.8 Å². The normalized spacial score (nSPS) is 10.4. The van der Waals surface area contributed by atoms with Crippen molar-refractivity contribution in [1.29, 1.82) is 0 Å². The molecule has 6 heteroatoms. The fourth-order valence-corrected chi connectivity index (χ4v) is 3.41. The van der Waals surface area contributed by atoms with Gasteiger partial charge in [-0.1, -0.05) is 24.3 Å². The van der Waals surface area contributed by atoms with Crippen LogP contribution in [0.15, 0.2) is 77.7 Å². The summed E-state index contributed by atoms with van der Waals surface area (Å²) in [5.74, 6) is 0.233. The molecule has 0 fully saturated rings. The molecule has 0 aliphatic heterocycles. The average Bonchev–Trinajstić information content (AvgIpc) is 2.79. The molecule has 2 amide bonds. The number of para-hydroxylation sites is 1. The molecule has 0 aromatic heterocycles. The van der Waals surface area contributed by atoms with E-state index in [9.17, 15) is 9.59 Å². The Balaban J connectivity index is 1.74. The average molecular weight is 421 g/mol. The minimum Gasteiger partial charge on any atom is -0.497 e. The lowest BCUT2D eigenvalue weighted by atomic mass is 10.1. The number of nitrogens with one attached hydrogen (secondary N) is 1. The van der Waals surface area contributed by atoms with Crippen molar-refractivity contribution >= 4 is 29.3 Å². The van der Waals surface area contributed by atoms with Crippen LogP contribution in [0.1, 0.15) is 26.3 Å². The van der Waals surface area contributed by atoms with Gasteiger partial charge in [-0.3, -0.25) is 9.59 Å². The molecule has 5 nitrogen and oxygen atoms in total. The lowest BCUT2D eigenvalue weighted by molar-refractivity contribution is 0.0786. The fraction of sp³-hybridized carbons (Fsp3) is 0.167. The SMILES string of the molecule is COc1ccc(C(=O)Nc2ccccc2C(=O)N(C)Cc2ccc(SC)cc2)cc1. The van der Waals surface area contributed by atoms with Gasteiger partial charge in [0.1, 0.15) is 5.75 Å². The second-order valence-corrected chi connectivity index (χ2v) is 7.62. The topological polar surface area (TPSA) is 58.6 Å². The molecule has 3 rings (SSSR count). The first kappa shape index (κ1) is 21.5. The summed E-state index contributed by atoms with van der Waals surface area (Å²) in [4.78, 5) is 28.5. The Bertz CT molecular complexity index is 1020. The minimum absolute atomic E-state index is 0.158. The summed E-state index contributed by atoms with van der Waals surface area (Å²) in [5, 5.41) is 2.85. The molecule has 1 N–H and O–H groups in total. The Kier molecular flexibility index (Phi) is 7.14. The number of carbonyl (C=O) groups is 2. The third-order valence-electron chi connectivity index (χ3n) is 4.68. The van der Waals surface area contributed by atoms with E-state index in [1.54, 1.807) is 79.4 Å². The molecule has 0 bridgehead atoms. The molecule has 0 radical (unpaired) electrons. The van der Waals surface area contributed by atoms with Crippen molar-refractivity contribution in [3.63, 3.8) is 0 Å². The molecule has 3 aromatic rings. The number of anilines is 1. The van der Waals surface area contributed by atoms with Gasteiger partial charge in [-0.05, 0) is 60.4 Å². The number of methoxy groups -OCH3 is 1. The standard InChI is InChI=1S/C24H24N2O3S/c1-26(16-17-8-14-20(30-3)15-9-17)24(28)21-6-4-5-7-22(21)25-23(27)18-10-12-19(29-2)13-11-18/h4-15H,16H2,1-3H3,(H,25,27). The number of nitrogens with zero attached hydrogens (tertiary/aromatic N) is 1. The van der Waals surface area contributed by atoms with Gasteiger partial charge < -0.3 is 15.0 Å². The van der Waals surface area contributed by atoms with E-state index in [2.05, 4.69) is 5.32 Å². The molecule has 0 heterocycles. The monoisotopic (exact) mass is 420 g/mol. The molecular formula is C24H24N2O3S. The van der Waals surface area contributed by atoms with Crippen molar-refractivity contribution in [1.82, 2.24) is 4.90 Å². The van der Waals surface area contributed by atoms with Crippen molar-refractivity contribution in [2.45, 2.75) is 11.4 Å². The molecule has 30 heavy (non-hydrogen) atoms. The van der Waals surface area contributed by atoms with Crippen molar-refractivity contribution in [2.24, 2.45) is 0 Å². The van der Waals surface area contributed by atoms with E-state index in [1.165, 1.54) is 4.90 Å². The predicted molar refractivity (Wildman–Crippen MR) is 121 cm³/mol. The van der Waals surface area contributed by atoms with Crippen LogP contribution in [0, 0.1) is 0 Å². The van der Waals surface area contributed by atoms with Crippen LogP contribution in [0.25, 0.3) is 0 Å². The number of ether oxygens (including phenoxy) is 1. The number of carbonyl (C=O) groups excluding carboxylic acids is 2. The maximum absolute atomic E-state index is 13.0. The van der Waals surface area contributed by atoms with Crippen LogP contribution in [0.5, 0.6) is 5.75 Å². The number of amides is 2. The second-order valence-electron chi connectivity index (χ2n) is 6.74. The maximum Gasteiger partial charge on any atom is 0.256 e. The van der Waals surface area contributed by atoms with Crippen molar-refractivity contribution in [3.8, 4) is 5.75 Å². The summed E-state index contributed by atoms with van der Waals surface area (Å²) in [7, 11) is 3.33. The zero-order valence-electron chi connectivity index (χ0n) is 17.2. The highest BCUT2D eigenvalue weighted by Gasteiger charge is 2.18. The third-order valence-corrected chi connectivity index (χ3v) is 5.43. The molecule has 0 spiro atoms. The molecular weight excluding hydrogens is 396 g/mol. The number of hydrogen-bond acceptors (Lipinski definition) is 4. The van der Waals surface area contributed by atoms with E-state index in [4.69, 9.17) is 4.74 Å². The van der Waals surface area contributed by atoms with Crippen LogP contribution in [-0.2, 0) is 6.54 Å². The van der Waals surface area contributed by atoms with Crippen LogP contribution >= 0.6 is 11.8 Å². The predicted octanol–water partition coefficient (Wildman–Crippen LogP) is 4.94. The summed E-state index contributed by atoms with van der Waals surface area (Å²) in [6.07, 6.45) is 2.03. The van der Waals surface area contributed by atoms with Gasteiger partial charge in [0.15, 0.2) is 0 Å². The number of hydrogen-bond donors (Lipinski definition) is 1. The van der Waals surface area contributed by atoms with E-state index in [0.717, 1.165) is 5.56 Å². The maximum atomic E-state index is 13.0. The largest absolute Gasteiger partial charge is 0.497 e. The summed E-state index contributed by atoms with van der Waals surface area (Å²) in [5.41, 5.74) is 2.46. The van der Waals surface area contributed by atoms with Crippen LogP contribution in [0.3, 0.4) is 0 Å². The number of benzene rings is 3. The number of thioether (sulfide) groups is 1. The molecule has 0 saturated carbocycles. The molecule has 154 valence electrons. The Morgan fingerprint density at radius 3 is 2.27 bits per heavy atom. The lowest BCUT2D eigenvalue weighted by Crippen LogP contribution is -2.27. The first-order valence-corrected chi connectivity index (χ1v) is 10.7. The highest BCUT2D eigenvalue weighted by Crippen LogP contribution is 2.21. The van der Waals surface area contributed by atoms with Gasteiger partial charge in [0.05, 0.1) is 18.4 Å². The van der Waals surface area contributed by atoms with Gasteiger partial charge in [0, 0.05) is 24.1 Å². The van der Waals surface area contributed by atoms with Gasteiger partial charge in [0.25, 0.3) is 11.8 Å². The zero-order valence-corrected chi connectivity index (χ0v) is 18.0. The molecule has 3 aromatic carbocycles. The summed E-state index contributed by atoms with van der Waals surface area (Å²) >= 11 is 1.68. The Morgan fingerprint density at radius 2 is 1.63 bits per heavy atom. The Labute approximate surface area is 181 Å². The van der Waals surface area contributed by atoms with E-state index < -0.39 is 0 Å². The van der Waals surface area contributed by atoms with Crippen LogP contribution in [0.4, 0.5) is 5.69 Å². The van der Waals surface area contributed by atoms with Crippen LogP contribution in [-0.4, -0.2) is 37.1 Å². The first-order valence-electron chi connectivity index (χ1n) is 9.44. The van der Waals surface area contributed by atoms with E-state index >= 15 is 0 Å². The smallest absolute Gasteiger partial charge is 0.256 e. The summed E-state index contributed by atoms with van der Waals surface area (Å²) in [6, 6.07) is 22.0. The van der Waals surface area contributed by atoms with Crippen molar-refractivity contribution in [3.05, 3.63) is 89.5 Å². The van der Waals surface area contributed by atoms with Gasteiger partial charge in [-0.2, -0.15) is 0 Å². The zero-order chi connectivity index (χ0) is 21.5. The van der Waals surface area contributed by atoms with E-state index in [1.807, 2.05) is 30.5 Å². The van der Waals surface area contributed by atoms with Gasteiger partial charge in [0.2, 0.25) is 0 Å². The van der Waals surface area contributed by atoms with Gasteiger partial charge in [-0.15, -0.1) is 11.8 Å². The first-order chi connectivity index (χ1) is 14.5. The van der Waals surface area contributed by atoms with Crippen molar-refractivity contribution in [2.75, 3.05) is 25.7 Å². The highest BCUT2D eigenvalue weighted by molar-refractivity contribution is 7.98. The second kappa shape index (κ2) is 9.98. The molecule has 0 saturated heterocycles. The fourth-order valence-electron chi connectivity index (χ4n) is 3.00. The highest BCUT2D eigenvalue weighted by atomic mass is 32.2. The molecule has 0 aliphatic carbocycles. The Morgan fingerprint density at radius 1 is 0.967 bits per heavy atom. The molecule has 0 aliphatic rings. The van der Waals surface area contributed by atoms with E-state index in [0.29, 0.717) is 29.1 Å². The van der Waals surface area contributed by atoms with Crippen LogP contribution in [0.2, 0.25) is 0 Å². The summed E-state index contributed by atoms with van der Waals surface area (Å²) < 4.78 is 5.12. The van der Waals surface area contributed by atoms with Crippen molar-refractivity contribution < 1.29 is 14.3 Å². The van der Waals surface area contributed by atoms with Gasteiger partial charge >= 0.3 is 0 Å².